The standard InChI is InChI=1S/C19H19FN4O2/c1-12(2)11-24-17(13-7-3-5-9-15(13)22-19(24)26)23-18(25)21-16-10-6-4-8-14(16)20/h3-10,12H,11H2,1-2H3,(H2,21,23,25). The molecule has 0 unspecified atom stereocenters. The fourth-order valence-corrected chi connectivity index (χ4v) is 2.67. The van der Waals surface area contributed by atoms with Gasteiger partial charge in [-0.25, -0.2) is 14.0 Å². The van der Waals surface area contributed by atoms with Crippen LogP contribution in [0.5, 0.6) is 0 Å². The van der Waals surface area contributed by atoms with E-state index in [9.17, 15) is 14.0 Å². The minimum absolute atomic E-state index is 0.0566. The van der Waals surface area contributed by atoms with Gasteiger partial charge in [0.05, 0.1) is 11.2 Å². The molecule has 0 aliphatic carbocycles. The molecule has 2 aromatic carbocycles. The summed E-state index contributed by atoms with van der Waals surface area (Å²) in [5.41, 5.74) is 0.0957. The Kier molecular flexibility index (Phi) is 4.97. The van der Waals surface area contributed by atoms with Crippen LogP contribution < -0.4 is 16.3 Å². The van der Waals surface area contributed by atoms with Gasteiger partial charge in [0.2, 0.25) is 0 Å². The monoisotopic (exact) mass is 354 g/mol. The average Bonchev–Trinajstić information content (AvgIpc) is 2.59. The smallest absolute Gasteiger partial charge is 0.305 e. The number of carbonyl (C=O) groups excluding carboxylic acids is 1. The fourth-order valence-electron chi connectivity index (χ4n) is 2.67. The third kappa shape index (κ3) is 3.72. The second kappa shape index (κ2) is 7.35. The Balaban J connectivity index is 2.01. The summed E-state index contributed by atoms with van der Waals surface area (Å²) in [4.78, 5) is 28.9. The van der Waals surface area contributed by atoms with Crippen LogP contribution in [-0.2, 0) is 6.54 Å². The van der Waals surface area contributed by atoms with E-state index in [1.54, 1.807) is 30.3 Å². The van der Waals surface area contributed by atoms with Gasteiger partial charge < -0.3 is 5.32 Å². The predicted molar refractivity (Wildman–Crippen MR) is 99.9 cm³/mol. The third-order valence-electron chi connectivity index (χ3n) is 3.78. The third-order valence-corrected chi connectivity index (χ3v) is 3.78. The van der Waals surface area contributed by atoms with Crippen LogP contribution in [-0.4, -0.2) is 15.6 Å². The van der Waals surface area contributed by atoms with E-state index in [1.807, 2.05) is 13.8 Å². The summed E-state index contributed by atoms with van der Waals surface area (Å²) in [5.74, 6) is -0.0317. The first-order valence-electron chi connectivity index (χ1n) is 8.28. The number of benzene rings is 2. The molecule has 0 atom stereocenters. The van der Waals surface area contributed by atoms with E-state index >= 15 is 0 Å². The molecule has 6 nitrogen and oxygen atoms in total. The van der Waals surface area contributed by atoms with Gasteiger partial charge in [-0.2, -0.15) is 4.98 Å². The van der Waals surface area contributed by atoms with Gasteiger partial charge in [-0.1, -0.05) is 38.1 Å². The van der Waals surface area contributed by atoms with Crippen molar-refractivity contribution in [2.24, 2.45) is 5.92 Å². The molecule has 7 heteroatoms. The Bertz CT molecular complexity index is 1010. The quantitative estimate of drug-likeness (QED) is 0.747. The number of aromatic nitrogens is 2. The van der Waals surface area contributed by atoms with E-state index < -0.39 is 17.5 Å². The summed E-state index contributed by atoms with van der Waals surface area (Å²) in [6.45, 7) is 4.32. The number of carbonyl (C=O) groups is 1. The summed E-state index contributed by atoms with van der Waals surface area (Å²) in [6.07, 6.45) is 0. The molecule has 0 aliphatic heterocycles. The summed E-state index contributed by atoms with van der Waals surface area (Å²) >= 11 is 0. The van der Waals surface area contributed by atoms with E-state index in [0.29, 0.717) is 23.3 Å². The number of hydrogen-bond donors (Lipinski definition) is 2. The zero-order valence-electron chi connectivity index (χ0n) is 14.5. The molecule has 0 fully saturated rings. The molecule has 0 aliphatic rings. The van der Waals surface area contributed by atoms with Gasteiger partial charge in [-0.3, -0.25) is 9.88 Å². The zero-order valence-corrected chi connectivity index (χ0v) is 14.5. The lowest BCUT2D eigenvalue weighted by Crippen LogP contribution is -2.31. The number of amides is 2. The molecule has 0 spiro atoms. The zero-order chi connectivity index (χ0) is 18.7. The largest absolute Gasteiger partial charge is 0.349 e. The molecule has 3 rings (SSSR count). The van der Waals surface area contributed by atoms with Crippen molar-refractivity contribution < 1.29 is 9.18 Å². The maximum absolute atomic E-state index is 13.7. The number of hydrogen-bond acceptors (Lipinski definition) is 3. The van der Waals surface area contributed by atoms with Crippen molar-refractivity contribution in [3.63, 3.8) is 0 Å². The molecule has 0 bridgehead atoms. The number of nitrogens with zero attached hydrogens (tertiary/aromatic N) is 2. The predicted octanol–water partition coefficient (Wildman–Crippen LogP) is 3.84. The SMILES string of the molecule is CC(C)Cn1c(NC(=O)Nc2ccccc2F)c2ccccc2nc1=O. The molecule has 0 saturated carbocycles. The van der Waals surface area contributed by atoms with Crippen LogP contribution in [0, 0.1) is 11.7 Å². The highest BCUT2D eigenvalue weighted by Gasteiger charge is 2.15. The molecular formula is C19H19FN4O2. The Labute approximate surface area is 149 Å². The van der Waals surface area contributed by atoms with Gasteiger partial charge in [0, 0.05) is 11.9 Å². The second-order valence-corrected chi connectivity index (χ2v) is 6.32. The first-order valence-corrected chi connectivity index (χ1v) is 8.28. The van der Waals surface area contributed by atoms with Crippen molar-refractivity contribution in [2.45, 2.75) is 20.4 Å². The first kappa shape index (κ1) is 17.6. The number of para-hydroxylation sites is 2. The van der Waals surface area contributed by atoms with Gasteiger partial charge in [-0.05, 0) is 30.2 Å². The molecule has 26 heavy (non-hydrogen) atoms. The van der Waals surface area contributed by atoms with Crippen molar-refractivity contribution in [2.75, 3.05) is 10.6 Å². The van der Waals surface area contributed by atoms with E-state index in [0.717, 1.165) is 0 Å². The number of nitrogens with one attached hydrogen (secondary N) is 2. The van der Waals surface area contributed by atoms with E-state index in [-0.39, 0.29) is 11.6 Å². The second-order valence-electron chi connectivity index (χ2n) is 6.32. The minimum Gasteiger partial charge on any atom is -0.305 e. The molecule has 1 aromatic heterocycles. The Hall–Kier alpha value is -3.22. The van der Waals surface area contributed by atoms with Crippen molar-refractivity contribution >= 4 is 28.4 Å². The van der Waals surface area contributed by atoms with E-state index in [1.165, 1.54) is 22.8 Å². The molecule has 0 saturated heterocycles. The van der Waals surface area contributed by atoms with E-state index in [4.69, 9.17) is 0 Å². The maximum Gasteiger partial charge on any atom is 0.349 e. The van der Waals surface area contributed by atoms with Crippen LogP contribution in [0.1, 0.15) is 13.8 Å². The number of rotatable bonds is 4. The number of fused-ring (bicyclic) bond motifs is 1. The van der Waals surface area contributed by atoms with Gasteiger partial charge in [0.25, 0.3) is 0 Å². The molecule has 2 amide bonds. The maximum atomic E-state index is 13.7. The van der Waals surface area contributed by atoms with Crippen molar-refractivity contribution in [3.8, 4) is 0 Å². The van der Waals surface area contributed by atoms with Crippen LogP contribution in [0.25, 0.3) is 10.9 Å². The molecule has 3 aromatic rings. The van der Waals surface area contributed by atoms with Gasteiger partial charge in [0.1, 0.15) is 11.6 Å². The lowest BCUT2D eigenvalue weighted by Gasteiger charge is -2.17. The number of halogens is 1. The average molecular weight is 354 g/mol. The minimum atomic E-state index is -0.636. The van der Waals surface area contributed by atoms with Crippen LogP contribution >= 0.6 is 0 Å². The first-order chi connectivity index (χ1) is 12.5. The van der Waals surface area contributed by atoms with E-state index in [2.05, 4.69) is 15.6 Å². The Morgan fingerprint density at radius 1 is 1.12 bits per heavy atom. The van der Waals surface area contributed by atoms with Crippen LogP contribution in [0.3, 0.4) is 0 Å². The Morgan fingerprint density at radius 3 is 2.54 bits per heavy atom. The normalized spacial score (nSPS) is 10.9. The highest BCUT2D eigenvalue weighted by Crippen LogP contribution is 2.21. The van der Waals surface area contributed by atoms with Crippen LogP contribution in [0.4, 0.5) is 20.7 Å². The van der Waals surface area contributed by atoms with Gasteiger partial charge >= 0.3 is 11.7 Å². The van der Waals surface area contributed by atoms with Gasteiger partial charge in [-0.15, -0.1) is 0 Å². The summed E-state index contributed by atoms with van der Waals surface area (Å²) in [5, 5.41) is 5.78. The summed E-state index contributed by atoms with van der Waals surface area (Å²) < 4.78 is 15.2. The number of urea groups is 1. The Morgan fingerprint density at radius 2 is 1.81 bits per heavy atom. The number of anilines is 2. The van der Waals surface area contributed by atoms with Crippen LogP contribution in [0.15, 0.2) is 53.3 Å². The summed E-state index contributed by atoms with van der Waals surface area (Å²) in [6, 6.07) is 12.3. The molecule has 134 valence electrons. The highest BCUT2D eigenvalue weighted by molar-refractivity contribution is 6.04. The van der Waals surface area contributed by atoms with Crippen molar-refractivity contribution in [3.05, 3.63) is 64.8 Å². The molecule has 2 N–H and O–H groups in total. The highest BCUT2D eigenvalue weighted by atomic mass is 19.1. The fraction of sp³-hybridized carbons (Fsp3) is 0.211. The summed E-state index contributed by atoms with van der Waals surface area (Å²) in [7, 11) is 0. The van der Waals surface area contributed by atoms with Crippen molar-refractivity contribution in [1.29, 1.82) is 0 Å². The topological polar surface area (TPSA) is 76.0 Å². The van der Waals surface area contributed by atoms with Crippen LogP contribution in [0.2, 0.25) is 0 Å². The van der Waals surface area contributed by atoms with Crippen molar-refractivity contribution in [1.82, 2.24) is 9.55 Å². The molecular weight excluding hydrogens is 335 g/mol. The molecule has 1 heterocycles. The molecule has 0 radical (unpaired) electrons. The lowest BCUT2D eigenvalue weighted by atomic mass is 10.2. The van der Waals surface area contributed by atoms with Gasteiger partial charge in [0.15, 0.2) is 0 Å². The lowest BCUT2D eigenvalue weighted by molar-refractivity contribution is 0.262.